The molecule has 120 valence electrons. The van der Waals surface area contributed by atoms with E-state index in [1.165, 1.54) is 12.7 Å². The Hall–Kier alpha value is -2.17. The highest BCUT2D eigenvalue weighted by molar-refractivity contribution is 5.75. The molecule has 3 rings (SSSR count). The molecule has 2 aromatic rings. The number of esters is 1. The number of hydrogen-bond acceptors (Lipinski definition) is 4. The molecule has 4 heteroatoms. The van der Waals surface area contributed by atoms with E-state index in [0.29, 0.717) is 13.1 Å². The molecule has 2 unspecified atom stereocenters. The van der Waals surface area contributed by atoms with Crippen LogP contribution in [0.5, 0.6) is 0 Å². The van der Waals surface area contributed by atoms with E-state index in [1.54, 1.807) is 0 Å². The number of carbonyl (C=O) groups excluding carboxylic acids is 1. The highest BCUT2D eigenvalue weighted by Gasteiger charge is 2.49. The van der Waals surface area contributed by atoms with Gasteiger partial charge in [0.1, 0.15) is 0 Å². The van der Waals surface area contributed by atoms with Crippen LogP contribution in [0.3, 0.4) is 0 Å². The Morgan fingerprint density at radius 3 is 2.39 bits per heavy atom. The third-order valence-corrected chi connectivity index (χ3v) is 4.59. The number of hydrogen-bond donors (Lipinski definition) is 1. The second kappa shape index (κ2) is 6.52. The summed E-state index contributed by atoms with van der Waals surface area (Å²) in [6.45, 7) is 2.01. The van der Waals surface area contributed by atoms with Gasteiger partial charge in [-0.15, -0.1) is 0 Å². The first-order chi connectivity index (χ1) is 11.1. The number of ether oxygens (including phenoxy) is 1. The van der Waals surface area contributed by atoms with E-state index in [-0.39, 0.29) is 11.9 Å². The number of rotatable bonds is 4. The molecule has 23 heavy (non-hydrogen) atoms. The molecule has 0 amide bonds. The average molecular weight is 310 g/mol. The fourth-order valence-electron chi connectivity index (χ4n) is 3.40. The Morgan fingerprint density at radius 2 is 1.78 bits per heavy atom. The molecule has 1 aliphatic rings. The van der Waals surface area contributed by atoms with E-state index in [0.717, 1.165) is 12.1 Å². The van der Waals surface area contributed by atoms with E-state index in [9.17, 15) is 4.79 Å². The molecule has 2 atom stereocenters. The summed E-state index contributed by atoms with van der Waals surface area (Å²) in [4.78, 5) is 14.5. The molecular formula is C19H22N2O2. The molecule has 4 nitrogen and oxygen atoms in total. The van der Waals surface area contributed by atoms with Crippen LogP contribution in [-0.4, -0.2) is 31.1 Å². The zero-order chi connectivity index (χ0) is 16.3. The Labute approximate surface area is 136 Å². The first kappa shape index (κ1) is 15.7. The lowest BCUT2D eigenvalue weighted by Crippen LogP contribution is -2.47. The van der Waals surface area contributed by atoms with Gasteiger partial charge in [-0.25, -0.2) is 0 Å². The summed E-state index contributed by atoms with van der Waals surface area (Å²) in [6.07, 6.45) is 0. The molecule has 1 saturated heterocycles. The minimum absolute atomic E-state index is 0.244. The minimum atomic E-state index is -0.719. The molecule has 2 N–H and O–H groups in total. The van der Waals surface area contributed by atoms with Crippen LogP contribution in [0.15, 0.2) is 60.7 Å². The van der Waals surface area contributed by atoms with Crippen molar-refractivity contribution in [3.8, 4) is 0 Å². The lowest BCUT2D eigenvalue weighted by atomic mass is 9.81. The lowest BCUT2D eigenvalue weighted by molar-refractivity contribution is -0.146. The molecule has 1 fully saturated rings. The number of benzene rings is 2. The smallest absolute Gasteiger partial charge is 0.312 e. The Kier molecular flexibility index (Phi) is 4.46. The van der Waals surface area contributed by atoms with Gasteiger partial charge in [0, 0.05) is 19.6 Å². The third-order valence-electron chi connectivity index (χ3n) is 4.59. The van der Waals surface area contributed by atoms with Crippen molar-refractivity contribution in [2.75, 3.05) is 20.2 Å². The summed E-state index contributed by atoms with van der Waals surface area (Å²) in [5.41, 5.74) is 8.18. The molecule has 2 aromatic carbocycles. The van der Waals surface area contributed by atoms with Gasteiger partial charge in [-0.3, -0.25) is 9.69 Å². The van der Waals surface area contributed by atoms with Gasteiger partial charge in [0.25, 0.3) is 0 Å². The molecular weight excluding hydrogens is 288 g/mol. The van der Waals surface area contributed by atoms with Crippen LogP contribution in [0.1, 0.15) is 11.1 Å². The van der Waals surface area contributed by atoms with Gasteiger partial charge in [-0.1, -0.05) is 60.7 Å². The quantitative estimate of drug-likeness (QED) is 0.879. The van der Waals surface area contributed by atoms with E-state index < -0.39 is 5.54 Å². The van der Waals surface area contributed by atoms with E-state index >= 15 is 0 Å². The van der Waals surface area contributed by atoms with Gasteiger partial charge < -0.3 is 10.5 Å². The number of methoxy groups -OCH3 is 1. The summed E-state index contributed by atoms with van der Waals surface area (Å²) < 4.78 is 5.00. The van der Waals surface area contributed by atoms with Crippen molar-refractivity contribution in [1.82, 2.24) is 4.90 Å². The monoisotopic (exact) mass is 310 g/mol. The largest absolute Gasteiger partial charge is 0.469 e. The van der Waals surface area contributed by atoms with Crippen molar-refractivity contribution < 1.29 is 9.53 Å². The van der Waals surface area contributed by atoms with Crippen LogP contribution in [0.25, 0.3) is 0 Å². The summed E-state index contributed by atoms with van der Waals surface area (Å²) in [6, 6.07) is 20.1. The molecule has 1 aliphatic heterocycles. The van der Waals surface area contributed by atoms with Gasteiger partial charge in [-0.2, -0.15) is 0 Å². The molecule has 0 spiro atoms. The predicted molar refractivity (Wildman–Crippen MR) is 89.5 cm³/mol. The van der Waals surface area contributed by atoms with Crippen molar-refractivity contribution in [2.24, 2.45) is 11.7 Å². The molecule has 0 bridgehead atoms. The second-order valence-electron chi connectivity index (χ2n) is 6.14. The van der Waals surface area contributed by atoms with Crippen molar-refractivity contribution in [1.29, 1.82) is 0 Å². The number of carbonyl (C=O) groups is 1. The second-order valence-corrected chi connectivity index (χ2v) is 6.14. The van der Waals surface area contributed by atoms with E-state index in [4.69, 9.17) is 10.5 Å². The fraction of sp³-hybridized carbons (Fsp3) is 0.316. The molecule has 0 aliphatic carbocycles. The van der Waals surface area contributed by atoms with Gasteiger partial charge in [0.15, 0.2) is 0 Å². The molecule has 0 radical (unpaired) electrons. The van der Waals surface area contributed by atoms with Crippen LogP contribution in [0.4, 0.5) is 0 Å². The third kappa shape index (κ3) is 3.14. The standard InChI is InChI=1S/C19H22N2O2/c1-23-18(22)17-13-21(12-15-8-4-2-5-9-15)14-19(17,20)16-10-6-3-7-11-16/h2-11,17H,12-14,20H2,1H3. The topological polar surface area (TPSA) is 55.6 Å². The fourth-order valence-corrected chi connectivity index (χ4v) is 3.40. The maximum absolute atomic E-state index is 12.3. The number of nitrogens with zero attached hydrogens (tertiary/aromatic N) is 1. The van der Waals surface area contributed by atoms with Gasteiger partial charge in [0.05, 0.1) is 18.6 Å². The van der Waals surface area contributed by atoms with Crippen LogP contribution in [0.2, 0.25) is 0 Å². The zero-order valence-electron chi connectivity index (χ0n) is 13.3. The molecule has 0 saturated carbocycles. The maximum atomic E-state index is 12.3. The average Bonchev–Trinajstić information content (AvgIpc) is 2.93. The summed E-state index contributed by atoms with van der Waals surface area (Å²) in [5, 5.41) is 0. The first-order valence-corrected chi connectivity index (χ1v) is 7.82. The van der Waals surface area contributed by atoms with Crippen LogP contribution in [-0.2, 0) is 21.6 Å². The van der Waals surface area contributed by atoms with Crippen molar-refractivity contribution in [3.63, 3.8) is 0 Å². The highest BCUT2D eigenvalue weighted by Crippen LogP contribution is 2.36. The van der Waals surface area contributed by atoms with Gasteiger partial charge in [0.2, 0.25) is 0 Å². The Bertz CT molecular complexity index is 660. The first-order valence-electron chi connectivity index (χ1n) is 7.82. The van der Waals surface area contributed by atoms with Crippen molar-refractivity contribution >= 4 is 5.97 Å². The SMILES string of the molecule is COC(=O)C1CN(Cc2ccccc2)CC1(N)c1ccccc1. The van der Waals surface area contributed by atoms with Crippen LogP contribution in [0, 0.1) is 5.92 Å². The molecule has 0 aromatic heterocycles. The zero-order valence-corrected chi connectivity index (χ0v) is 13.3. The predicted octanol–water partition coefficient (Wildman–Crippen LogP) is 2.15. The normalized spacial score (nSPS) is 24.5. The minimum Gasteiger partial charge on any atom is -0.469 e. The maximum Gasteiger partial charge on any atom is 0.312 e. The van der Waals surface area contributed by atoms with E-state index in [1.807, 2.05) is 48.5 Å². The van der Waals surface area contributed by atoms with E-state index in [2.05, 4.69) is 17.0 Å². The highest BCUT2D eigenvalue weighted by atomic mass is 16.5. The van der Waals surface area contributed by atoms with Gasteiger partial charge in [-0.05, 0) is 11.1 Å². The summed E-state index contributed by atoms with van der Waals surface area (Å²) >= 11 is 0. The van der Waals surface area contributed by atoms with Crippen LogP contribution >= 0.6 is 0 Å². The summed E-state index contributed by atoms with van der Waals surface area (Å²) in [7, 11) is 1.42. The Balaban J connectivity index is 1.87. The molecule has 1 heterocycles. The van der Waals surface area contributed by atoms with Crippen molar-refractivity contribution in [2.45, 2.75) is 12.1 Å². The van der Waals surface area contributed by atoms with Gasteiger partial charge >= 0.3 is 5.97 Å². The number of nitrogens with two attached hydrogens (primary N) is 1. The van der Waals surface area contributed by atoms with Crippen LogP contribution < -0.4 is 5.73 Å². The van der Waals surface area contributed by atoms with Crippen molar-refractivity contribution in [3.05, 3.63) is 71.8 Å². The lowest BCUT2D eigenvalue weighted by Gasteiger charge is -2.29. The Morgan fingerprint density at radius 1 is 1.17 bits per heavy atom. The number of likely N-dealkylation sites (tertiary alicyclic amines) is 1. The summed E-state index contributed by atoms with van der Waals surface area (Å²) in [5.74, 6) is -0.606.